The van der Waals surface area contributed by atoms with Crippen molar-refractivity contribution in [2.45, 2.75) is 13.0 Å². The van der Waals surface area contributed by atoms with E-state index in [1.54, 1.807) is 35.6 Å². The van der Waals surface area contributed by atoms with Gasteiger partial charge < -0.3 is 25.1 Å². The number of ether oxygens (including phenoxy) is 3. The predicted octanol–water partition coefficient (Wildman–Crippen LogP) is 1.75. The molecule has 1 aromatic carbocycles. The van der Waals surface area contributed by atoms with Gasteiger partial charge in [-0.15, -0.1) is 11.3 Å². The number of hydrogen-bond donors (Lipinski definition) is 2. The number of hydrogen-bond acceptors (Lipinski definition) is 7. The first kappa shape index (κ1) is 21.0. The van der Waals surface area contributed by atoms with E-state index in [2.05, 4.69) is 4.90 Å². The van der Waals surface area contributed by atoms with Crippen LogP contribution in [0.5, 0.6) is 17.2 Å². The normalized spacial score (nSPS) is 12.0. The Kier molecular flexibility index (Phi) is 8.90. The van der Waals surface area contributed by atoms with E-state index in [9.17, 15) is 9.90 Å². The molecule has 0 saturated heterocycles. The molecule has 148 valence electrons. The molecule has 0 fully saturated rings. The second-order valence-electron chi connectivity index (χ2n) is 5.89. The fraction of sp³-hybridized carbons (Fsp3) is 0.421. The number of likely N-dealkylation sites (N-methyl/N-ethyl adjacent to an activating group) is 1. The minimum absolute atomic E-state index is 0.149. The monoisotopic (exact) mass is 394 g/mol. The van der Waals surface area contributed by atoms with Crippen LogP contribution in [0.25, 0.3) is 0 Å². The van der Waals surface area contributed by atoms with Crippen LogP contribution in [-0.4, -0.2) is 61.5 Å². The summed E-state index contributed by atoms with van der Waals surface area (Å²) in [4.78, 5) is 12.8. The first-order valence-corrected chi connectivity index (χ1v) is 9.70. The highest BCUT2D eigenvalue weighted by atomic mass is 32.1. The van der Waals surface area contributed by atoms with Gasteiger partial charge >= 0.3 is 0 Å². The number of thiophene rings is 1. The number of nitrogens with zero attached hydrogens (tertiary/aromatic N) is 1. The molecule has 2 rings (SSSR count). The maximum Gasteiger partial charge on any atom is 0.255 e. The summed E-state index contributed by atoms with van der Waals surface area (Å²) in [5.74, 6) is 1.54. The van der Waals surface area contributed by atoms with Crippen molar-refractivity contribution in [3.63, 3.8) is 0 Å². The molecule has 2 aromatic rings. The summed E-state index contributed by atoms with van der Waals surface area (Å²) in [5, 5.41) is 14.0. The Morgan fingerprint density at radius 2 is 1.85 bits per heavy atom. The summed E-state index contributed by atoms with van der Waals surface area (Å²) < 4.78 is 16.5. The predicted molar refractivity (Wildman–Crippen MR) is 105 cm³/mol. The largest absolute Gasteiger partial charge is 0.492 e. The van der Waals surface area contributed by atoms with Crippen LogP contribution in [-0.2, 0) is 4.79 Å². The van der Waals surface area contributed by atoms with Crippen LogP contribution in [0.4, 0.5) is 0 Å². The first-order valence-electron chi connectivity index (χ1n) is 8.76. The number of nitrogens with two attached hydrogens (primary N) is 1. The molecular formula is C19H26N2O5S. The van der Waals surface area contributed by atoms with Gasteiger partial charge in [0.15, 0.2) is 6.61 Å². The van der Waals surface area contributed by atoms with Crippen molar-refractivity contribution in [3.8, 4) is 17.2 Å². The quantitative estimate of drug-likeness (QED) is 0.538. The molecule has 1 heterocycles. The standard InChI is InChI=1S/C19H26N2O5S/c1-2-21(11-15(22)12-25-18-7-10-27-14-18)8-9-24-16-3-5-17(6-4-16)26-13-19(20)23/h3-7,10,14-15,22H,2,8-9,11-13H2,1H3,(H2,20,23). The number of aliphatic hydroxyl groups is 1. The zero-order valence-corrected chi connectivity index (χ0v) is 16.2. The fourth-order valence-electron chi connectivity index (χ4n) is 2.33. The van der Waals surface area contributed by atoms with Gasteiger partial charge in [0.25, 0.3) is 5.91 Å². The van der Waals surface area contributed by atoms with E-state index >= 15 is 0 Å². The molecule has 1 atom stereocenters. The highest BCUT2D eigenvalue weighted by molar-refractivity contribution is 7.08. The number of benzene rings is 1. The summed E-state index contributed by atoms with van der Waals surface area (Å²) in [5.41, 5.74) is 5.04. The topological polar surface area (TPSA) is 94.2 Å². The molecule has 0 aliphatic heterocycles. The average molecular weight is 394 g/mol. The molecule has 0 spiro atoms. The van der Waals surface area contributed by atoms with E-state index in [4.69, 9.17) is 19.9 Å². The second kappa shape index (κ2) is 11.4. The van der Waals surface area contributed by atoms with Gasteiger partial charge in [-0.25, -0.2) is 0 Å². The fourth-order valence-corrected chi connectivity index (χ4v) is 2.91. The number of amides is 1. The Labute approximate surface area is 163 Å². The van der Waals surface area contributed by atoms with Crippen LogP contribution in [0.1, 0.15) is 6.92 Å². The maximum absolute atomic E-state index is 10.7. The van der Waals surface area contributed by atoms with Gasteiger partial charge in [0.05, 0.1) is 0 Å². The lowest BCUT2D eigenvalue weighted by atomic mass is 10.3. The van der Waals surface area contributed by atoms with E-state index in [1.807, 2.05) is 23.8 Å². The second-order valence-corrected chi connectivity index (χ2v) is 6.67. The van der Waals surface area contributed by atoms with Gasteiger partial charge in [-0.05, 0) is 42.3 Å². The minimum Gasteiger partial charge on any atom is -0.492 e. The van der Waals surface area contributed by atoms with Crippen molar-refractivity contribution in [3.05, 3.63) is 41.1 Å². The van der Waals surface area contributed by atoms with Gasteiger partial charge in [0.1, 0.15) is 36.6 Å². The lowest BCUT2D eigenvalue weighted by molar-refractivity contribution is -0.119. The Morgan fingerprint density at radius 1 is 1.15 bits per heavy atom. The van der Waals surface area contributed by atoms with E-state index < -0.39 is 12.0 Å². The molecule has 8 heteroatoms. The minimum atomic E-state index is -0.563. The van der Waals surface area contributed by atoms with Crippen LogP contribution < -0.4 is 19.9 Å². The van der Waals surface area contributed by atoms with Crippen LogP contribution in [0.2, 0.25) is 0 Å². The number of primary amides is 1. The van der Waals surface area contributed by atoms with Crippen molar-refractivity contribution >= 4 is 17.2 Å². The average Bonchev–Trinajstić information content (AvgIpc) is 3.18. The Hall–Kier alpha value is -2.29. The van der Waals surface area contributed by atoms with Gasteiger partial charge in [0.2, 0.25) is 0 Å². The number of rotatable bonds is 13. The highest BCUT2D eigenvalue weighted by Crippen LogP contribution is 2.17. The lowest BCUT2D eigenvalue weighted by Crippen LogP contribution is -2.37. The lowest BCUT2D eigenvalue weighted by Gasteiger charge is -2.23. The molecule has 0 aliphatic carbocycles. The van der Waals surface area contributed by atoms with Gasteiger partial charge in [-0.2, -0.15) is 0 Å². The van der Waals surface area contributed by atoms with E-state index in [0.717, 1.165) is 12.3 Å². The number of carbonyl (C=O) groups is 1. The van der Waals surface area contributed by atoms with E-state index in [-0.39, 0.29) is 13.2 Å². The summed E-state index contributed by atoms with van der Waals surface area (Å²) in [6.07, 6.45) is -0.563. The molecule has 0 aliphatic rings. The molecular weight excluding hydrogens is 368 g/mol. The van der Waals surface area contributed by atoms with Crippen LogP contribution in [0.3, 0.4) is 0 Å². The third-order valence-electron chi connectivity index (χ3n) is 3.73. The van der Waals surface area contributed by atoms with E-state index in [0.29, 0.717) is 31.2 Å². The van der Waals surface area contributed by atoms with Gasteiger partial charge in [-0.1, -0.05) is 6.92 Å². The van der Waals surface area contributed by atoms with Crippen molar-refractivity contribution in [2.24, 2.45) is 5.73 Å². The zero-order chi connectivity index (χ0) is 19.5. The molecule has 3 N–H and O–H groups in total. The maximum atomic E-state index is 10.7. The third-order valence-corrected chi connectivity index (χ3v) is 4.40. The van der Waals surface area contributed by atoms with Crippen molar-refractivity contribution < 1.29 is 24.1 Å². The third kappa shape index (κ3) is 8.29. The summed E-state index contributed by atoms with van der Waals surface area (Å²) in [6, 6.07) is 8.88. The van der Waals surface area contributed by atoms with Crippen molar-refractivity contribution in [2.75, 3.05) is 39.5 Å². The summed E-state index contributed by atoms with van der Waals surface area (Å²) >= 11 is 1.56. The highest BCUT2D eigenvalue weighted by Gasteiger charge is 2.11. The smallest absolute Gasteiger partial charge is 0.255 e. The van der Waals surface area contributed by atoms with E-state index in [1.165, 1.54) is 0 Å². The molecule has 0 bridgehead atoms. The molecule has 0 saturated carbocycles. The summed E-state index contributed by atoms with van der Waals surface area (Å²) in [7, 11) is 0. The summed E-state index contributed by atoms with van der Waals surface area (Å²) in [6.45, 7) is 4.66. The van der Waals surface area contributed by atoms with Gasteiger partial charge in [0, 0.05) is 18.5 Å². The van der Waals surface area contributed by atoms with Crippen molar-refractivity contribution in [1.29, 1.82) is 0 Å². The van der Waals surface area contributed by atoms with Gasteiger partial charge in [-0.3, -0.25) is 9.69 Å². The molecule has 1 aromatic heterocycles. The Balaban J connectivity index is 1.66. The van der Waals surface area contributed by atoms with Crippen LogP contribution >= 0.6 is 11.3 Å². The molecule has 1 unspecified atom stereocenters. The number of aliphatic hydroxyl groups excluding tert-OH is 1. The Bertz CT molecular complexity index is 663. The molecule has 1 amide bonds. The molecule has 0 radical (unpaired) electrons. The SMILES string of the molecule is CCN(CCOc1ccc(OCC(N)=O)cc1)CC(O)COc1ccsc1. The van der Waals surface area contributed by atoms with Crippen LogP contribution in [0.15, 0.2) is 41.1 Å². The molecule has 7 nitrogen and oxygen atoms in total. The van der Waals surface area contributed by atoms with Crippen LogP contribution in [0, 0.1) is 0 Å². The zero-order valence-electron chi connectivity index (χ0n) is 15.4. The Morgan fingerprint density at radius 3 is 2.44 bits per heavy atom. The molecule has 27 heavy (non-hydrogen) atoms. The number of carbonyl (C=O) groups excluding carboxylic acids is 1. The van der Waals surface area contributed by atoms with Crippen molar-refractivity contribution in [1.82, 2.24) is 4.90 Å². The first-order chi connectivity index (χ1) is 13.1.